The lowest BCUT2D eigenvalue weighted by atomic mass is 10.0. The maximum atomic E-state index is 13.6. The molecule has 0 bridgehead atoms. The van der Waals surface area contributed by atoms with E-state index < -0.39 is 11.6 Å². The zero-order chi connectivity index (χ0) is 18.1. The van der Waals surface area contributed by atoms with Crippen LogP contribution in [0.5, 0.6) is 0 Å². The van der Waals surface area contributed by atoms with Crippen molar-refractivity contribution < 1.29 is 13.6 Å². The Bertz CT molecular complexity index is 985. The van der Waals surface area contributed by atoms with Crippen molar-refractivity contribution in [2.75, 3.05) is 13.1 Å². The van der Waals surface area contributed by atoms with E-state index in [-0.39, 0.29) is 11.9 Å². The number of carbonyl (C=O) groups is 1. The lowest BCUT2D eigenvalue weighted by molar-refractivity contribution is -0.131. The second-order valence-electron chi connectivity index (χ2n) is 6.62. The van der Waals surface area contributed by atoms with Gasteiger partial charge in [-0.05, 0) is 30.5 Å². The second kappa shape index (κ2) is 6.78. The molecule has 0 saturated carbocycles. The summed E-state index contributed by atoms with van der Waals surface area (Å²) in [6, 6.07) is 13.6. The number of amides is 1. The van der Waals surface area contributed by atoms with Gasteiger partial charge in [0.1, 0.15) is 5.82 Å². The molecule has 1 aromatic heterocycles. The number of likely N-dealkylation sites (tertiary alicyclic amines) is 1. The average molecular weight is 354 g/mol. The molecular formula is C20H19FN2O3. The third-order valence-electron chi connectivity index (χ3n) is 4.95. The molecule has 4 rings (SSSR count). The molecule has 0 spiro atoms. The van der Waals surface area contributed by atoms with Gasteiger partial charge < -0.3 is 9.32 Å². The van der Waals surface area contributed by atoms with E-state index in [2.05, 4.69) is 0 Å². The molecule has 1 saturated heterocycles. The minimum Gasteiger partial charge on any atom is -0.408 e. The number of halogens is 1. The van der Waals surface area contributed by atoms with Gasteiger partial charge in [-0.2, -0.15) is 0 Å². The molecule has 6 heteroatoms. The second-order valence-corrected chi connectivity index (χ2v) is 6.62. The van der Waals surface area contributed by atoms with Gasteiger partial charge in [-0.3, -0.25) is 9.36 Å². The largest absolute Gasteiger partial charge is 0.420 e. The molecule has 0 unspecified atom stereocenters. The van der Waals surface area contributed by atoms with Gasteiger partial charge in [0.25, 0.3) is 0 Å². The van der Waals surface area contributed by atoms with Crippen LogP contribution in [0, 0.1) is 5.82 Å². The number of oxazole rings is 1. The minimum atomic E-state index is -0.473. The maximum Gasteiger partial charge on any atom is 0.420 e. The Morgan fingerprint density at radius 1 is 1.12 bits per heavy atom. The Labute approximate surface area is 149 Å². The summed E-state index contributed by atoms with van der Waals surface area (Å²) in [7, 11) is 0. The Hall–Kier alpha value is -2.89. The van der Waals surface area contributed by atoms with Crippen molar-refractivity contribution in [2.45, 2.75) is 25.3 Å². The van der Waals surface area contributed by atoms with Crippen molar-refractivity contribution >= 4 is 17.0 Å². The van der Waals surface area contributed by atoms with Gasteiger partial charge in [0.05, 0.1) is 11.9 Å². The molecule has 2 aromatic carbocycles. The molecule has 1 aliphatic rings. The summed E-state index contributed by atoms with van der Waals surface area (Å²) < 4.78 is 20.3. The number of hydrogen-bond donors (Lipinski definition) is 0. The number of aromatic nitrogens is 1. The highest BCUT2D eigenvalue weighted by atomic mass is 19.1. The molecular weight excluding hydrogens is 335 g/mol. The van der Waals surface area contributed by atoms with Crippen LogP contribution in [0.1, 0.15) is 24.4 Å². The van der Waals surface area contributed by atoms with Crippen LogP contribution in [-0.2, 0) is 11.2 Å². The van der Waals surface area contributed by atoms with Crippen LogP contribution in [0.15, 0.2) is 57.7 Å². The zero-order valence-corrected chi connectivity index (χ0v) is 14.2. The Kier molecular flexibility index (Phi) is 4.32. The van der Waals surface area contributed by atoms with Gasteiger partial charge in [0.15, 0.2) is 5.58 Å². The number of rotatable bonds is 3. The fourth-order valence-electron chi connectivity index (χ4n) is 3.61. The lowest BCUT2D eigenvalue weighted by Gasteiger charge is -2.32. The van der Waals surface area contributed by atoms with Crippen LogP contribution < -0.4 is 5.76 Å². The highest BCUT2D eigenvalue weighted by Crippen LogP contribution is 2.26. The third kappa shape index (κ3) is 3.14. The van der Waals surface area contributed by atoms with Gasteiger partial charge in [0.2, 0.25) is 5.91 Å². The summed E-state index contributed by atoms with van der Waals surface area (Å²) >= 11 is 0. The van der Waals surface area contributed by atoms with Gasteiger partial charge >= 0.3 is 5.76 Å². The first kappa shape index (κ1) is 16.6. The van der Waals surface area contributed by atoms with E-state index in [4.69, 9.17) is 4.42 Å². The summed E-state index contributed by atoms with van der Waals surface area (Å²) in [6.07, 6.45) is 1.67. The number of benzene rings is 2. The van der Waals surface area contributed by atoms with Crippen LogP contribution in [0.25, 0.3) is 11.1 Å². The molecule has 134 valence electrons. The average Bonchev–Trinajstić information content (AvgIpc) is 2.97. The van der Waals surface area contributed by atoms with Crippen LogP contribution in [0.4, 0.5) is 4.39 Å². The molecule has 0 atom stereocenters. The number of carbonyl (C=O) groups excluding carboxylic acids is 1. The fraction of sp³-hybridized carbons (Fsp3) is 0.300. The zero-order valence-electron chi connectivity index (χ0n) is 14.2. The molecule has 1 amide bonds. The van der Waals surface area contributed by atoms with E-state index in [1.165, 1.54) is 22.8 Å². The van der Waals surface area contributed by atoms with E-state index in [1.807, 2.05) is 35.2 Å². The predicted molar refractivity (Wildman–Crippen MR) is 95.4 cm³/mol. The molecule has 5 nitrogen and oxygen atoms in total. The van der Waals surface area contributed by atoms with Crippen LogP contribution in [0.3, 0.4) is 0 Å². The van der Waals surface area contributed by atoms with E-state index in [1.54, 1.807) is 0 Å². The van der Waals surface area contributed by atoms with Crippen LogP contribution in [0.2, 0.25) is 0 Å². The van der Waals surface area contributed by atoms with Crippen molar-refractivity contribution in [3.63, 3.8) is 0 Å². The molecule has 1 fully saturated rings. The summed E-state index contributed by atoms with van der Waals surface area (Å²) in [5.41, 5.74) is 1.86. The highest BCUT2D eigenvalue weighted by Gasteiger charge is 2.26. The van der Waals surface area contributed by atoms with Crippen LogP contribution >= 0.6 is 0 Å². The number of piperidine rings is 1. The van der Waals surface area contributed by atoms with Crippen LogP contribution in [-0.4, -0.2) is 28.5 Å². The van der Waals surface area contributed by atoms with Crippen molar-refractivity contribution in [2.24, 2.45) is 0 Å². The summed E-state index contributed by atoms with van der Waals surface area (Å²) in [6.45, 7) is 1.15. The van der Waals surface area contributed by atoms with Gasteiger partial charge in [-0.15, -0.1) is 0 Å². The summed E-state index contributed by atoms with van der Waals surface area (Å²) in [5, 5.41) is 0. The smallest absolute Gasteiger partial charge is 0.408 e. The molecule has 1 aliphatic heterocycles. The standard InChI is InChI=1S/C20H19FN2O3/c21-15-6-7-18-17(13-15)23(20(25)26-18)16-8-10-22(11-9-16)19(24)12-14-4-2-1-3-5-14/h1-7,13,16H,8-12H2. The van der Waals surface area contributed by atoms with Crippen molar-refractivity contribution in [3.05, 3.63) is 70.5 Å². The fourth-order valence-corrected chi connectivity index (χ4v) is 3.61. The predicted octanol–water partition coefficient (Wildman–Crippen LogP) is 3.14. The molecule has 0 N–H and O–H groups in total. The first-order chi connectivity index (χ1) is 12.6. The quantitative estimate of drug-likeness (QED) is 0.726. The first-order valence-corrected chi connectivity index (χ1v) is 8.74. The highest BCUT2D eigenvalue weighted by molar-refractivity contribution is 5.79. The lowest BCUT2D eigenvalue weighted by Crippen LogP contribution is -2.41. The molecule has 3 aromatic rings. The van der Waals surface area contributed by atoms with Gasteiger partial charge in [-0.25, -0.2) is 9.18 Å². The summed E-state index contributed by atoms with van der Waals surface area (Å²) in [4.78, 5) is 26.5. The van der Waals surface area contributed by atoms with E-state index in [9.17, 15) is 14.0 Å². The van der Waals surface area contributed by atoms with Gasteiger partial charge in [-0.1, -0.05) is 30.3 Å². The first-order valence-electron chi connectivity index (χ1n) is 8.74. The summed E-state index contributed by atoms with van der Waals surface area (Å²) in [5.74, 6) is -0.785. The normalized spacial score (nSPS) is 15.5. The monoisotopic (exact) mass is 354 g/mol. The third-order valence-corrected chi connectivity index (χ3v) is 4.95. The van der Waals surface area contributed by atoms with Gasteiger partial charge in [0, 0.05) is 25.2 Å². The number of fused-ring (bicyclic) bond motifs is 1. The number of hydrogen-bond acceptors (Lipinski definition) is 3. The Morgan fingerprint density at radius 3 is 2.58 bits per heavy atom. The number of nitrogens with zero attached hydrogens (tertiary/aromatic N) is 2. The topological polar surface area (TPSA) is 55.5 Å². The molecule has 0 aliphatic carbocycles. The van der Waals surface area contributed by atoms with E-state index in [0.29, 0.717) is 43.5 Å². The van der Waals surface area contributed by atoms with Crippen molar-refractivity contribution in [1.82, 2.24) is 9.47 Å². The minimum absolute atomic E-state index is 0.0880. The molecule has 0 radical (unpaired) electrons. The van der Waals surface area contributed by atoms with E-state index in [0.717, 1.165) is 5.56 Å². The Morgan fingerprint density at radius 2 is 1.85 bits per heavy atom. The molecule has 26 heavy (non-hydrogen) atoms. The van der Waals surface area contributed by atoms with E-state index >= 15 is 0 Å². The van der Waals surface area contributed by atoms with Crippen molar-refractivity contribution in [1.29, 1.82) is 0 Å². The SMILES string of the molecule is O=C(Cc1ccccc1)N1CCC(n2c(=O)oc3ccc(F)cc32)CC1. The Balaban J connectivity index is 1.47. The van der Waals surface area contributed by atoms with Crippen molar-refractivity contribution in [3.8, 4) is 0 Å². The molecule has 2 heterocycles. The maximum absolute atomic E-state index is 13.6.